The van der Waals surface area contributed by atoms with Crippen molar-refractivity contribution in [3.05, 3.63) is 199 Å². The fourth-order valence-corrected chi connectivity index (χ4v) is 8.05. The average molecular weight is 703 g/mol. The number of allylic oxidation sites excluding steroid dienone is 4. The molecule has 0 radical (unpaired) electrons. The summed E-state index contributed by atoms with van der Waals surface area (Å²) in [7, 11) is 0. The number of rotatable bonds is 6. The summed E-state index contributed by atoms with van der Waals surface area (Å²) in [6.07, 6.45) is 6.01. The zero-order chi connectivity index (χ0) is 36.3. The van der Waals surface area contributed by atoms with E-state index in [1.165, 1.54) is 16.2 Å². The van der Waals surface area contributed by atoms with Gasteiger partial charge in [-0.05, 0) is 94.1 Å². The van der Waals surface area contributed by atoms with Gasteiger partial charge in [-0.25, -0.2) is 4.98 Å². The molecule has 0 saturated heterocycles. The van der Waals surface area contributed by atoms with Crippen LogP contribution in [0.1, 0.15) is 5.56 Å². The standard InChI is InChI=1S/C51H30N2O2/c1-3-15-33(16-4-1)39-21-11-13-25-44(39)53(45-31-36-19-7-8-20-38(36)40-22-9-10-23-41(40)45)37-29-27-34(28-30-37)48-49-47(55-51(52-49)35-17-5-2-6-18-35)32-43-42-24-12-14-26-46(42)54-50(43)48/h2-3,5-32H. The highest BCUT2D eigenvalue weighted by atomic mass is 16.4. The molecule has 0 fully saturated rings. The second-order valence-electron chi connectivity index (χ2n) is 13.7. The number of aromatic nitrogens is 1. The van der Waals surface area contributed by atoms with E-state index in [9.17, 15) is 0 Å². The van der Waals surface area contributed by atoms with Crippen LogP contribution in [0.5, 0.6) is 0 Å². The molecule has 0 spiro atoms. The average Bonchev–Trinajstić information content (AvgIpc) is 3.86. The van der Waals surface area contributed by atoms with E-state index in [1.807, 2.05) is 60.7 Å². The second-order valence-corrected chi connectivity index (χ2v) is 13.7. The quantitative estimate of drug-likeness (QED) is 0.128. The van der Waals surface area contributed by atoms with Crippen LogP contribution in [0.2, 0.25) is 0 Å². The van der Waals surface area contributed by atoms with Crippen LogP contribution < -0.4 is 4.90 Å². The van der Waals surface area contributed by atoms with Crippen LogP contribution >= 0.6 is 0 Å². The van der Waals surface area contributed by atoms with Crippen LogP contribution in [0.3, 0.4) is 0 Å². The van der Waals surface area contributed by atoms with Gasteiger partial charge in [0.1, 0.15) is 16.7 Å². The third-order valence-electron chi connectivity index (χ3n) is 10.6. The highest BCUT2D eigenvalue weighted by Gasteiger charge is 2.24. The van der Waals surface area contributed by atoms with Crippen molar-refractivity contribution in [3.8, 4) is 22.6 Å². The van der Waals surface area contributed by atoms with Crippen molar-refractivity contribution in [1.29, 1.82) is 0 Å². The van der Waals surface area contributed by atoms with Crippen LogP contribution in [0.15, 0.2) is 202 Å². The van der Waals surface area contributed by atoms with Gasteiger partial charge in [-0.3, -0.25) is 0 Å². The van der Waals surface area contributed by atoms with Gasteiger partial charge in [-0.15, -0.1) is 0 Å². The highest BCUT2D eigenvalue weighted by molar-refractivity contribution is 6.17. The number of oxazole rings is 1. The van der Waals surface area contributed by atoms with Gasteiger partial charge >= 0.3 is 0 Å². The smallest absolute Gasteiger partial charge is 0.227 e. The topological polar surface area (TPSA) is 42.4 Å². The van der Waals surface area contributed by atoms with E-state index in [4.69, 9.17) is 13.8 Å². The highest BCUT2D eigenvalue weighted by Crippen LogP contribution is 2.46. The molecule has 0 saturated carbocycles. The van der Waals surface area contributed by atoms with Gasteiger partial charge < -0.3 is 13.7 Å². The minimum Gasteiger partial charge on any atom is -0.455 e. The van der Waals surface area contributed by atoms with E-state index in [0.29, 0.717) is 11.5 Å². The first-order chi connectivity index (χ1) is 27.3. The molecule has 256 valence electrons. The van der Waals surface area contributed by atoms with Gasteiger partial charge in [-0.1, -0.05) is 127 Å². The van der Waals surface area contributed by atoms with Gasteiger partial charge in [0, 0.05) is 33.0 Å². The van der Waals surface area contributed by atoms with E-state index in [0.717, 1.165) is 77.7 Å². The number of furan rings is 1. The molecule has 0 unspecified atom stereocenters. The van der Waals surface area contributed by atoms with Gasteiger partial charge in [0.2, 0.25) is 5.89 Å². The zero-order valence-corrected chi connectivity index (χ0v) is 29.5. The molecule has 1 aliphatic rings. The summed E-state index contributed by atoms with van der Waals surface area (Å²) in [5.41, 5.74) is 17.5. The molecule has 4 nitrogen and oxygen atoms in total. The zero-order valence-electron chi connectivity index (χ0n) is 29.5. The van der Waals surface area contributed by atoms with E-state index in [1.54, 1.807) is 0 Å². The van der Waals surface area contributed by atoms with Crippen LogP contribution in [0.4, 0.5) is 17.1 Å². The molecule has 8 aromatic carbocycles. The Morgan fingerprint density at radius 2 is 1.24 bits per heavy atom. The fourth-order valence-electron chi connectivity index (χ4n) is 8.05. The Morgan fingerprint density at radius 1 is 0.509 bits per heavy atom. The summed E-state index contributed by atoms with van der Waals surface area (Å²) in [6, 6.07) is 57.2. The molecule has 0 N–H and O–H groups in total. The summed E-state index contributed by atoms with van der Waals surface area (Å²) in [6.45, 7) is 0. The molecular weight excluding hydrogens is 673 g/mol. The summed E-state index contributed by atoms with van der Waals surface area (Å²) in [5.74, 6) is 0.576. The lowest BCUT2D eigenvalue weighted by atomic mass is 9.96. The van der Waals surface area contributed by atoms with E-state index in [-0.39, 0.29) is 0 Å². The Balaban J connectivity index is 1.15. The van der Waals surface area contributed by atoms with Gasteiger partial charge in [-0.2, -0.15) is 0 Å². The Kier molecular flexibility index (Phi) is 7.05. The summed E-state index contributed by atoms with van der Waals surface area (Å²) < 4.78 is 13.1. The maximum absolute atomic E-state index is 6.63. The third-order valence-corrected chi connectivity index (χ3v) is 10.6. The minimum atomic E-state index is 0.576. The van der Waals surface area contributed by atoms with Crippen LogP contribution in [0.25, 0.3) is 82.7 Å². The Hall–Kier alpha value is -7.61. The molecule has 2 heterocycles. The number of benzene rings is 8. The van der Waals surface area contributed by atoms with E-state index >= 15 is 0 Å². The number of hydrogen-bond acceptors (Lipinski definition) is 4. The molecule has 10 aromatic rings. The Bertz CT molecular complexity index is 3280. The summed E-state index contributed by atoms with van der Waals surface area (Å²) in [5, 5.41) is 6.81. The Morgan fingerprint density at radius 3 is 2.07 bits per heavy atom. The van der Waals surface area contributed by atoms with Crippen molar-refractivity contribution >= 4 is 77.2 Å². The molecular formula is C51H30N2O2. The molecule has 0 aliphatic heterocycles. The van der Waals surface area contributed by atoms with Crippen molar-refractivity contribution in [3.63, 3.8) is 0 Å². The fraction of sp³-hybridized carbons (Fsp3) is 0. The summed E-state index contributed by atoms with van der Waals surface area (Å²) >= 11 is 0. The minimum absolute atomic E-state index is 0.576. The molecule has 11 rings (SSSR count). The SMILES string of the molecule is C1=C=CC(c2ccccc2N(c2ccc(-c3c4nc(-c5ccccc5)oc4cc4c3oc3ccccc34)cc2)c2cc3ccccc3c3ccccc23)=CC=1. The monoisotopic (exact) mass is 702 g/mol. The summed E-state index contributed by atoms with van der Waals surface area (Å²) in [4.78, 5) is 7.48. The molecule has 55 heavy (non-hydrogen) atoms. The van der Waals surface area contributed by atoms with Crippen LogP contribution in [-0.2, 0) is 0 Å². The second kappa shape index (κ2) is 12.5. The number of para-hydroxylation sites is 2. The first-order valence-corrected chi connectivity index (χ1v) is 18.4. The maximum atomic E-state index is 6.63. The van der Waals surface area contributed by atoms with Crippen LogP contribution in [-0.4, -0.2) is 4.98 Å². The number of fused-ring (bicyclic) bond motifs is 7. The van der Waals surface area contributed by atoms with Crippen molar-refractivity contribution in [2.75, 3.05) is 4.90 Å². The van der Waals surface area contributed by atoms with Crippen molar-refractivity contribution < 1.29 is 8.83 Å². The molecule has 0 atom stereocenters. The molecule has 1 aliphatic carbocycles. The largest absolute Gasteiger partial charge is 0.455 e. The molecule has 2 aromatic heterocycles. The van der Waals surface area contributed by atoms with E-state index in [2.05, 4.69) is 138 Å². The predicted octanol–water partition coefficient (Wildman–Crippen LogP) is 14.1. The van der Waals surface area contributed by atoms with E-state index < -0.39 is 0 Å². The molecule has 0 bridgehead atoms. The van der Waals surface area contributed by atoms with Crippen molar-refractivity contribution in [1.82, 2.24) is 4.98 Å². The van der Waals surface area contributed by atoms with Gasteiger partial charge in [0.05, 0.1) is 16.9 Å². The Labute approximate surface area is 316 Å². The normalized spacial score (nSPS) is 12.4. The lowest BCUT2D eigenvalue weighted by Gasteiger charge is -2.30. The van der Waals surface area contributed by atoms with Gasteiger partial charge in [0.15, 0.2) is 5.58 Å². The number of anilines is 3. The van der Waals surface area contributed by atoms with Gasteiger partial charge in [0.25, 0.3) is 0 Å². The van der Waals surface area contributed by atoms with Crippen molar-refractivity contribution in [2.45, 2.75) is 0 Å². The number of nitrogens with zero attached hydrogens (tertiary/aromatic N) is 2. The lowest BCUT2D eigenvalue weighted by molar-refractivity contribution is 0.620. The first kappa shape index (κ1) is 31.0. The molecule has 0 amide bonds. The first-order valence-electron chi connectivity index (χ1n) is 18.4. The molecule has 4 heteroatoms. The van der Waals surface area contributed by atoms with Crippen molar-refractivity contribution in [2.24, 2.45) is 0 Å². The number of hydrogen-bond donors (Lipinski definition) is 0. The maximum Gasteiger partial charge on any atom is 0.227 e. The third kappa shape index (κ3) is 5.06. The lowest BCUT2D eigenvalue weighted by Crippen LogP contribution is -2.12. The van der Waals surface area contributed by atoms with Crippen LogP contribution in [0, 0.1) is 0 Å². The predicted molar refractivity (Wildman–Crippen MR) is 226 cm³/mol.